The van der Waals surface area contributed by atoms with Gasteiger partial charge in [0.05, 0.1) is 18.1 Å². The first kappa shape index (κ1) is 12.7. The van der Waals surface area contributed by atoms with E-state index in [1.807, 2.05) is 0 Å². The van der Waals surface area contributed by atoms with Crippen molar-refractivity contribution in [3.63, 3.8) is 0 Å². The highest BCUT2D eigenvalue weighted by atomic mass is 19.4. The van der Waals surface area contributed by atoms with Crippen LogP contribution in [-0.2, 0) is 11.8 Å². The van der Waals surface area contributed by atoms with Gasteiger partial charge in [0.15, 0.2) is 0 Å². The Morgan fingerprint density at radius 1 is 1.06 bits per heavy atom. The average molecular weight is 256 g/mol. The molecule has 96 valence electrons. The zero-order valence-corrected chi connectivity index (χ0v) is 9.53. The van der Waals surface area contributed by atoms with Gasteiger partial charge in [-0.3, -0.25) is 0 Å². The van der Waals surface area contributed by atoms with Crippen LogP contribution < -0.4 is 0 Å². The number of hydrogen-bond donors (Lipinski definition) is 1. The molecule has 1 unspecified atom stereocenters. The first-order chi connectivity index (χ1) is 8.33. The van der Waals surface area contributed by atoms with Gasteiger partial charge in [-0.2, -0.15) is 13.2 Å². The van der Waals surface area contributed by atoms with Crippen molar-refractivity contribution in [2.75, 3.05) is 0 Å². The fraction of sp³-hybridized carbons (Fsp3) is 0.231. The largest absolute Gasteiger partial charge is 0.472 e. The van der Waals surface area contributed by atoms with Crippen LogP contribution in [0.4, 0.5) is 13.2 Å². The fourth-order valence-corrected chi connectivity index (χ4v) is 1.85. The molecule has 0 spiro atoms. The van der Waals surface area contributed by atoms with Gasteiger partial charge in [0.25, 0.3) is 0 Å². The van der Waals surface area contributed by atoms with Crippen molar-refractivity contribution in [3.05, 3.63) is 59.5 Å². The molecule has 2 nitrogen and oxygen atoms in total. The summed E-state index contributed by atoms with van der Waals surface area (Å²) in [4.78, 5) is 0. The summed E-state index contributed by atoms with van der Waals surface area (Å²) in [5, 5.41) is 10.3. The van der Waals surface area contributed by atoms with Gasteiger partial charge in [-0.1, -0.05) is 18.2 Å². The summed E-state index contributed by atoms with van der Waals surface area (Å²) in [7, 11) is 0. The summed E-state index contributed by atoms with van der Waals surface area (Å²) in [5.74, 6) is 0. The van der Waals surface area contributed by atoms with Crippen LogP contribution in [0.5, 0.6) is 0 Å². The van der Waals surface area contributed by atoms with E-state index in [9.17, 15) is 18.3 Å². The molecule has 0 aliphatic carbocycles. The van der Waals surface area contributed by atoms with Crippen LogP contribution in [0.2, 0.25) is 0 Å². The van der Waals surface area contributed by atoms with E-state index < -0.39 is 17.3 Å². The Bertz CT molecular complexity index is 527. The molecule has 18 heavy (non-hydrogen) atoms. The number of rotatable bonds is 2. The number of aliphatic hydroxyl groups is 1. The van der Waals surface area contributed by atoms with Gasteiger partial charge in [0.1, 0.15) is 5.60 Å². The molecule has 1 aromatic carbocycles. The first-order valence-corrected chi connectivity index (χ1v) is 5.25. The number of halogens is 3. The van der Waals surface area contributed by atoms with Crippen molar-refractivity contribution in [3.8, 4) is 0 Å². The number of furan rings is 1. The molecule has 1 N–H and O–H groups in total. The van der Waals surface area contributed by atoms with Crippen LogP contribution in [-0.4, -0.2) is 5.11 Å². The number of hydrogen-bond acceptors (Lipinski definition) is 2. The summed E-state index contributed by atoms with van der Waals surface area (Å²) in [6, 6.07) is 6.39. The lowest BCUT2D eigenvalue weighted by Crippen LogP contribution is -2.26. The molecule has 0 fully saturated rings. The molecule has 0 radical (unpaired) electrons. The maximum atomic E-state index is 12.9. The van der Waals surface area contributed by atoms with E-state index in [-0.39, 0.29) is 11.1 Å². The first-order valence-electron chi connectivity index (χ1n) is 5.25. The van der Waals surface area contributed by atoms with Gasteiger partial charge in [0.2, 0.25) is 0 Å². The van der Waals surface area contributed by atoms with Crippen LogP contribution in [0.3, 0.4) is 0 Å². The van der Waals surface area contributed by atoms with Crippen molar-refractivity contribution in [1.82, 2.24) is 0 Å². The Kier molecular flexibility index (Phi) is 2.94. The van der Waals surface area contributed by atoms with E-state index in [1.54, 1.807) is 0 Å². The minimum atomic E-state index is -4.51. The van der Waals surface area contributed by atoms with Crippen molar-refractivity contribution < 1.29 is 22.7 Å². The molecular formula is C13H11F3O2. The second kappa shape index (κ2) is 4.17. The zero-order chi connectivity index (χ0) is 13.4. The highest BCUT2D eigenvalue weighted by molar-refractivity contribution is 5.40. The van der Waals surface area contributed by atoms with Crippen molar-refractivity contribution in [1.29, 1.82) is 0 Å². The minimum absolute atomic E-state index is 0.195. The van der Waals surface area contributed by atoms with E-state index in [4.69, 9.17) is 4.42 Å². The molecule has 0 saturated heterocycles. The fourth-order valence-electron chi connectivity index (χ4n) is 1.85. The molecule has 2 aromatic rings. The third-order valence-electron chi connectivity index (χ3n) is 2.84. The quantitative estimate of drug-likeness (QED) is 0.891. The van der Waals surface area contributed by atoms with E-state index in [1.165, 1.54) is 43.7 Å². The molecular weight excluding hydrogens is 245 g/mol. The van der Waals surface area contributed by atoms with Gasteiger partial charge in [0, 0.05) is 11.1 Å². The molecule has 0 bridgehead atoms. The van der Waals surface area contributed by atoms with Gasteiger partial charge < -0.3 is 9.52 Å². The standard InChI is InChI=1S/C13H11F3O2/c1-12(17,9-6-7-18-8-9)10-4-2-3-5-11(10)13(14,15)16/h2-8,17H,1H3. The summed E-state index contributed by atoms with van der Waals surface area (Å²) < 4.78 is 43.5. The maximum absolute atomic E-state index is 12.9. The Labute approximate surface area is 102 Å². The molecule has 0 aliphatic rings. The molecule has 0 aliphatic heterocycles. The lowest BCUT2D eigenvalue weighted by Gasteiger charge is -2.26. The predicted molar refractivity (Wildman–Crippen MR) is 58.8 cm³/mol. The minimum Gasteiger partial charge on any atom is -0.472 e. The lowest BCUT2D eigenvalue weighted by atomic mass is 9.86. The van der Waals surface area contributed by atoms with Crippen LogP contribution >= 0.6 is 0 Å². The summed E-state index contributed by atoms with van der Waals surface area (Å²) in [6.45, 7) is 1.31. The van der Waals surface area contributed by atoms with Gasteiger partial charge in [-0.15, -0.1) is 0 Å². The van der Waals surface area contributed by atoms with Gasteiger partial charge in [-0.25, -0.2) is 0 Å². The van der Waals surface area contributed by atoms with E-state index >= 15 is 0 Å². The van der Waals surface area contributed by atoms with E-state index in [0.717, 1.165) is 6.07 Å². The average Bonchev–Trinajstić information content (AvgIpc) is 2.82. The van der Waals surface area contributed by atoms with Crippen LogP contribution in [0.15, 0.2) is 47.3 Å². The zero-order valence-electron chi connectivity index (χ0n) is 9.53. The molecule has 5 heteroatoms. The van der Waals surface area contributed by atoms with E-state index in [0.29, 0.717) is 0 Å². The Morgan fingerprint density at radius 2 is 1.67 bits per heavy atom. The van der Waals surface area contributed by atoms with Crippen molar-refractivity contribution >= 4 is 0 Å². The Morgan fingerprint density at radius 3 is 2.17 bits per heavy atom. The lowest BCUT2D eigenvalue weighted by molar-refractivity contribution is -0.139. The van der Waals surface area contributed by atoms with Crippen molar-refractivity contribution in [2.45, 2.75) is 18.7 Å². The highest BCUT2D eigenvalue weighted by Gasteiger charge is 2.39. The predicted octanol–water partition coefficient (Wildman–Crippen LogP) is 3.55. The summed E-state index contributed by atoms with van der Waals surface area (Å²) >= 11 is 0. The monoisotopic (exact) mass is 256 g/mol. The second-order valence-electron chi connectivity index (χ2n) is 4.13. The molecule has 0 amide bonds. The van der Waals surface area contributed by atoms with Gasteiger partial charge >= 0.3 is 6.18 Å². The summed E-state index contributed by atoms with van der Waals surface area (Å²) in [5.41, 5.74) is -2.52. The molecule has 2 rings (SSSR count). The smallest absolute Gasteiger partial charge is 0.416 e. The number of benzene rings is 1. The number of alkyl halides is 3. The maximum Gasteiger partial charge on any atom is 0.416 e. The molecule has 1 heterocycles. The van der Waals surface area contributed by atoms with E-state index in [2.05, 4.69) is 0 Å². The van der Waals surface area contributed by atoms with Crippen LogP contribution in [0, 0.1) is 0 Å². The SMILES string of the molecule is CC(O)(c1ccoc1)c1ccccc1C(F)(F)F. The van der Waals surface area contributed by atoms with Gasteiger partial charge in [-0.05, 0) is 19.1 Å². The second-order valence-corrected chi connectivity index (χ2v) is 4.13. The normalized spacial score (nSPS) is 15.4. The third kappa shape index (κ3) is 2.13. The summed E-state index contributed by atoms with van der Waals surface area (Å²) in [6.07, 6.45) is -1.97. The van der Waals surface area contributed by atoms with Crippen LogP contribution in [0.1, 0.15) is 23.6 Å². The van der Waals surface area contributed by atoms with Crippen LogP contribution in [0.25, 0.3) is 0 Å². The highest BCUT2D eigenvalue weighted by Crippen LogP contribution is 2.39. The Hall–Kier alpha value is -1.75. The third-order valence-corrected chi connectivity index (χ3v) is 2.84. The molecule has 1 aromatic heterocycles. The molecule has 0 saturated carbocycles. The topological polar surface area (TPSA) is 33.4 Å². The molecule has 1 atom stereocenters. The van der Waals surface area contributed by atoms with Crippen molar-refractivity contribution in [2.24, 2.45) is 0 Å². The Balaban J connectivity index is 2.58.